The van der Waals surface area contributed by atoms with Crippen LogP contribution in [0.4, 0.5) is 5.69 Å². The van der Waals surface area contributed by atoms with Gasteiger partial charge in [0.2, 0.25) is 5.91 Å². The van der Waals surface area contributed by atoms with E-state index in [4.69, 9.17) is 5.73 Å². The zero-order valence-electron chi connectivity index (χ0n) is 8.64. The summed E-state index contributed by atoms with van der Waals surface area (Å²) in [6, 6.07) is 3.35. The van der Waals surface area contributed by atoms with Gasteiger partial charge in [-0.25, -0.2) is 0 Å². The van der Waals surface area contributed by atoms with Gasteiger partial charge in [-0.05, 0) is 12.1 Å². The number of carbonyl (C=O) groups is 2. The monoisotopic (exact) mass is 220 g/mol. The number of nitrogens with zero attached hydrogens (tertiary/aromatic N) is 2. The van der Waals surface area contributed by atoms with Crippen LogP contribution in [-0.2, 0) is 4.79 Å². The summed E-state index contributed by atoms with van der Waals surface area (Å²) in [5.41, 5.74) is 6.14. The second-order valence-electron chi connectivity index (χ2n) is 3.54. The van der Waals surface area contributed by atoms with Gasteiger partial charge < -0.3 is 16.0 Å². The highest BCUT2D eigenvalue weighted by atomic mass is 16.2. The van der Waals surface area contributed by atoms with Crippen LogP contribution in [0.15, 0.2) is 18.3 Å². The quantitative estimate of drug-likeness (QED) is 0.677. The third kappa shape index (κ3) is 2.10. The number of amides is 2. The zero-order chi connectivity index (χ0) is 11.5. The molecule has 1 aliphatic heterocycles. The average molecular weight is 220 g/mol. The highest BCUT2D eigenvalue weighted by molar-refractivity contribution is 5.92. The molecule has 1 aliphatic rings. The van der Waals surface area contributed by atoms with Gasteiger partial charge in [0.05, 0.1) is 6.54 Å². The van der Waals surface area contributed by atoms with Crippen molar-refractivity contribution < 1.29 is 9.59 Å². The molecule has 0 atom stereocenters. The molecular weight excluding hydrogens is 208 g/mol. The fraction of sp³-hybridized carbons (Fsp3) is 0.300. The Morgan fingerprint density at radius 2 is 2.38 bits per heavy atom. The number of hydrogen-bond donors (Lipinski definition) is 2. The van der Waals surface area contributed by atoms with Crippen molar-refractivity contribution in [1.29, 1.82) is 0 Å². The third-order valence-electron chi connectivity index (χ3n) is 2.40. The smallest absolute Gasteiger partial charge is 0.267 e. The minimum atomic E-state index is -0.566. The van der Waals surface area contributed by atoms with E-state index in [1.807, 2.05) is 4.90 Å². The van der Waals surface area contributed by atoms with Crippen LogP contribution in [0.1, 0.15) is 10.5 Å². The molecule has 0 unspecified atom stereocenters. The molecule has 0 radical (unpaired) electrons. The van der Waals surface area contributed by atoms with Crippen LogP contribution >= 0.6 is 0 Å². The summed E-state index contributed by atoms with van der Waals surface area (Å²) in [4.78, 5) is 27.9. The van der Waals surface area contributed by atoms with E-state index in [-0.39, 0.29) is 11.6 Å². The van der Waals surface area contributed by atoms with Crippen LogP contribution in [0, 0.1) is 0 Å². The number of primary amides is 1. The normalized spacial score (nSPS) is 15.8. The number of carbonyl (C=O) groups excluding carboxylic acids is 2. The first-order chi connectivity index (χ1) is 7.66. The maximum absolute atomic E-state index is 11.2. The molecule has 1 fully saturated rings. The van der Waals surface area contributed by atoms with Gasteiger partial charge in [-0.15, -0.1) is 0 Å². The Kier molecular flexibility index (Phi) is 2.72. The Morgan fingerprint density at radius 1 is 1.56 bits per heavy atom. The van der Waals surface area contributed by atoms with Gasteiger partial charge in [0.15, 0.2) is 0 Å². The molecule has 0 saturated carbocycles. The maximum atomic E-state index is 11.2. The van der Waals surface area contributed by atoms with Crippen LogP contribution < -0.4 is 16.0 Å². The first kappa shape index (κ1) is 10.4. The van der Waals surface area contributed by atoms with Gasteiger partial charge >= 0.3 is 0 Å². The molecule has 2 heterocycles. The molecule has 3 N–H and O–H groups in total. The summed E-state index contributed by atoms with van der Waals surface area (Å²) in [6.07, 6.45) is 1.52. The first-order valence-corrected chi connectivity index (χ1v) is 4.94. The molecule has 0 spiro atoms. The number of aromatic nitrogens is 1. The number of hydrogen-bond acceptors (Lipinski definition) is 4. The number of rotatable bonds is 2. The zero-order valence-corrected chi connectivity index (χ0v) is 8.64. The predicted octanol–water partition coefficient (Wildman–Crippen LogP) is -0.883. The lowest BCUT2D eigenvalue weighted by Gasteiger charge is -2.28. The number of pyridine rings is 1. The first-order valence-electron chi connectivity index (χ1n) is 4.94. The summed E-state index contributed by atoms with van der Waals surface area (Å²) in [5, 5.41) is 2.73. The van der Waals surface area contributed by atoms with E-state index in [1.54, 1.807) is 12.1 Å². The molecule has 6 nitrogen and oxygen atoms in total. The van der Waals surface area contributed by atoms with E-state index in [9.17, 15) is 9.59 Å². The molecule has 6 heteroatoms. The van der Waals surface area contributed by atoms with Gasteiger partial charge in [-0.3, -0.25) is 14.6 Å². The maximum Gasteiger partial charge on any atom is 0.267 e. The van der Waals surface area contributed by atoms with E-state index in [2.05, 4.69) is 10.3 Å². The molecule has 2 amide bonds. The number of piperazine rings is 1. The van der Waals surface area contributed by atoms with Crippen molar-refractivity contribution in [1.82, 2.24) is 10.3 Å². The fourth-order valence-electron chi connectivity index (χ4n) is 1.61. The molecule has 0 bridgehead atoms. The lowest BCUT2D eigenvalue weighted by molar-refractivity contribution is -0.120. The molecule has 16 heavy (non-hydrogen) atoms. The van der Waals surface area contributed by atoms with Gasteiger partial charge in [-0.1, -0.05) is 0 Å². The number of nitrogens with one attached hydrogen (secondary N) is 1. The van der Waals surface area contributed by atoms with Crippen molar-refractivity contribution in [3.05, 3.63) is 24.0 Å². The van der Waals surface area contributed by atoms with Gasteiger partial charge in [0.25, 0.3) is 5.91 Å². The van der Waals surface area contributed by atoms with Gasteiger partial charge in [0, 0.05) is 25.0 Å². The molecule has 0 aliphatic carbocycles. The highest BCUT2D eigenvalue weighted by Crippen LogP contribution is 2.14. The molecule has 2 rings (SSSR count). The molecular formula is C10H12N4O2. The topological polar surface area (TPSA) is 88.3 Å². The van der Waals surface area contributed by atoms with E-state index in [0.29, 0.717) is 19.6 Å². The third-order valence-corrected chi connectivity index (χ3v) is 2.40. The van der Waals surface area contributed by atoms with Crippen molar-refractivity contribution in [3.8, 4) is 0 Å². The lowest BCUT2D eigenvalue weighted by atomic mass is 10.2. The molecule has 84 valence electrons. The summed E-state index contributed by atoms with van der Waals surface area (Å²) in [7, 11) is 0. The average Bonchev–Trinajstić information content (AvgIpc) is 2.29. The van der Waals surface area contributed by atoms with Crippen molar-refractivity contribution in [2.24, 2.45) is 5.73 Å². The van der Waals surface area contributed by atoms with Crippen LogP contribution in [0.3, 0.4) is 0 Å². The fourth-order valence-corrected chi connectivity index (χ4v) is 1.61. The molecule has 1 saturated heterocycles. The van der Waals surface area contributed by atoms with Crippen molar-refractivity contribution in [3.63, 3.8) is 0 Å². The van der Waals surface area contributed by atoms with E-state index in [0.717, 1.165) is 5.69 Å². The standard InChI is InChI=1S/C10H12N4O2/c11-10(16)8-5-7(1-2-12-8)14-4-3-13-9(15)6-14/h1-2,5H,3-4,6H2,(H2,11,16)(H,13,15). The van der Waals surface area contributed by atoms with Crippen LogP contribution in [0.5, 0.6) is 0 Å². The Balaban J connectivity index is 2.22. The molecule has 1 aromatic rings. The van der Waals surface area contributed by atoms with Gasteiger partial charge in [0.1, 0.15) is 5.69 Å². The molecule has 1 aromatic heterocycles. The molecule has 0 aromatic carbocycles. The highest BCUT2D eigenvalue weighted by Gasteiger charge is 2.17. The van der Waals surface area contributed by atoms with Crippen molar-refractivity contribution in [2.75, 3.05) is 24.5 Å². The summed E-state index contributed by atoms with van der Waals surface area (Å²) < 4.78 is 0. The predicted molar refractivity (Wildman–Crippen MR) is 58.0 cm³/mol. The SMILES string of the molecule is NC(=O)c1cc(N2CCNC(=O)C2)ccn1. The summed E-state index contributed by atoms with van der Waals surface area (Å²) in [5.74, 6) is -0.591. The Labute approximate surface area is 92.4 Å². The van der Waals surface area contributed by atoms with Crippen molar-refractivity contribution in [2.45, 2.75) is 0 Å². The van der Waals surface area contributed by atoms with Crippen LogP contribution in [-0.4, -0.2) is 36.4 Å². The summed E-state index contributed by atoms with van der Waals surface area (Å²) in [6.45, 7) is 1.61. The number of nitrogens with two attached hydrogens (primary N) is 1. The van der Waals surface area contributed by atoms with E-state index in [1.165, 1.54) is 6.20 Å². The number of anilines is 1. The lowest BCUT2D eigenvalue weighted by Crippen LogP contribution is -2.47. The Hall–Kier alpha value is -2.11. The van der Waals surface area contributed by atoms with E-state index >= 15 is 0 Å². The minimum absolute atomic E-state index is 0.0244. The Morgan fingerprint density at radius 3 is 3.06 bits per heavy atom. The van der Waals surface area contributed by atoms with E-state index < -0.39 is 5.91 Å². The van der Waals surface area contributed by atoms with Crippen LogP contribution in [0.25, 0.3) is 0 Å². The largest absolute Gasteiger partial charge is 0.364 e. The van der Waals surface area contributed by atoms with Crippen LogP contribution in [0.2, 0.25) is 0 Å². The Bertz CT molecular complexity index is 433. The minimum Gasteiger partial charge on any atom is -0.364 e. The second-order valence-corrected chi connectivity index (χ2v) is 3.54. The second kappa shape index (κ2) is 4.18. The summed E-state index contributed by atoms with van der Waals surface area (Å²) >= 11 is 0. The van der Waals surface area contributed by atoms with Crippen molar-refractivity contribution >= 4 is 17.5 Å². The van der Waals surface area contributed by atoms with Gasteiger partial charge in [-0.2, -0.15) is 0 Å².